The molecule has 8 nitrogen and oxygen atoms in total. The van der Waals surface area contributed by atoms with Crippen LogP contribution in [0.25, 0.3) is 0 Å². The predicted octanol–water partition coefficient (Wildman–Crippen LogP) is -2.38. The predicted molar refractivity (Wildman–Crippen MR) is 44.9 cm³/mol. The van der Waals surface area contributed by atoms with E-state index >= 15 is 0 Å². The molecule has 0 unspecified atom stereocenters. The normalized spacial score (nSPS) is 9.67. The van der Waals surface area contributed by atoms with Gasteiger partial charge in [0.05, 0.1) is 0 Å². The van der Waals surface area contributed by atoms with Crippen LogP contribution in [0.3, 0.4) is 0 Å². The first-order chi connectivity index (χ1) is 4.00. The fourth-order valence-electron chi connectivity index (χ4n) is 0. The molecule has 0 aliphatic carbocycles. The molecule has 0 saturated carbocycles. The fraction of sp³-hybridized carbons (Fsp3) is 0. The van der Waals surface area contributed by atoms with E-state index in [1.54, 1.807) is 0 Å². The Morgan fingerprint density at radius 1 is 0.750 bits per heavy atom. The number of rotatable bonds is 0. The Labute approximate surface area is 122 Å². The van der Waals surface area contributed by atoms with Crippen LogP contribution in [0.2, 0.25) is 0 Å². The van der Waals surface area contributed by atoms with Crippen LogP contribution in [0.1, 0.15) is 2.85 Å². The molecule has 4 N–H and O–H groups in total. The molecule has 0 amide bonds. The van der Waals surface area contributed by atoms with Gasteiger partial charge in [0, 0.05) is 0 Å². The third-order valence-corrected chi connectivity index (χ3v) is 0. The molecule has 0 aliphatic heterocycles. The second-order valence-corrected chi connectivity index (χ2v) is 2.69. The van der Waals surface area contributed by atoms with Crippen molar-refractivity contribution in [1.29, 1.82) is 0 Å². The third-order valence-electron chi connectivity index (χ3n) is 0. The fourth-order valence-corrected chi connectivity index (χ4v) is 0. The van der Waals surface area contributed by atoms with Crippen LogP contribution in [-0.2, 0) is 20.8 Å². The minimum absolute atomic E-state index is 0. The van der Waals surface area contributed by atoms with Crippen LogP contribution >= 0.6 is 0 Å². The molecular weight excluding hydrogens is 439 g/mol. The van der Waals surface area contributed by atoms with E-state index in [0.717, 1.165) is 0 Å². The van der Waals surface area contributed by atoms with Crippen LogP contribution in [0.5, 0.6) is 0 Å². The van der Waals surface area contributed by atoms with Crippen molar-refractivity contribution in [1.82, 2.24) is 0 Å². The van der Waals surface area contributed by atoms with E-state index in [-0.39, 0.29) is 67.9 Å². The Kier molecular flexibility index (Phi) is 18.6. The Bertz CT molecular complexity index is 222. The maximum atomic E-state index is 8.74. The molecule has 0 aliphatic rings. The Morgan fingerprint density at radius 3 is 0.750 bits per heavy atom. The Hall–Kier alpha value is 1.92. The van der Waals surface area contributed by atoms with E-state index in [0.29, 0.717) is 0 Å². The van der Waals surface area contributed by atoms with Crippen molar-refractivity contribution in [3.8, 4) is 0 Å². The van der Waals surface area contributed by atoms with Gasteiger partial charge in [-0.15, -0.1) is 0 Å². The van der Waals surface area contributed by atoms with Gasteiger partial charge in [-0.3, -0.25) is 18.2 Å². The molecule has 0 aromatic rings. The summed E-state index contributed by atoms with van der Waals surface area (Å²) in [6, 6.07) is 0. The molecular formula is H8CaO8PbS2. The molecule has 74 valence electrons. The summed E-state index contributed by atoms with van der Waals surface area (Å²) >= 11 is 0. The molecule has 0 rings (SSSR count). The number of hydrogen-bond donors (Lipinski definition) is 4. The molecule has 2 radical (unpaired) electrons. The SMILES string of the molecule is O=S(=O)(O)O.O=S(=O)(O)O.[Ca+2].[H-].[H-].[PbH2]. The summed E-state index contributed by atoms with van der Waals surface area (Å²) in [5.41, 5.74) is 0. The zero-order valence-electron chi connectivity index (χ0n) is 7.65. The molecule has 0 bridgehead atoms. The molecule has 0 aromatic heterocycles. The first-order valence-corrected chi connectivity index (χ1v) is 4.19. The second-order valence-electron chi connectivity index (χ2n) is 0.896. The van der Waals surface area contributed by atoms with Crippen molar-refractivity contribution in [2.24, 2.45) is 0 Å². The van der Waals surface area contributed by atoms with E-state index in [1.165, 1.54) is 0 Å². The first kappa shape index (κ1) is 23.6. The molecule has 0 aromatic carbocycles. The van der Waals surface area contributed by atoms with Gasteiger partial charge >= 0.3 is 85.8 Å². The van der Waals surface area contributed by atoms with Crippen molar-refractivity contribution in [3.63, 3.8) is 0 Å². The van der Waals surface area contributed by atoms with Crippen molar-refractivity contribution in [3.05, 3.63) is 0 Å². The summed E-state index contributed by atoms with van der Waals surface area (Å²) in [4.78, 5) is 0. The van der Waals surface area contributed by atoms with Gasteiger partial charge in [0.25, 0.3) is 0 Å². The van der Waals surface area contributed by atoms with Gasteiger partial charge in [-0.2, -0.15) is 16.8 Å². The van der Waals surface area contributed by atoms with E-state index in [4.69, 9.17) is 35.0 Å². The van der Waals surface area contributed by atoms with Crippen molar-refractivity contribution < 1.29 is 37.9 Å². The monoisotopic (exact) mass is 448 g/mol. The van der Waals surface area contributed by atoms with E-state index in [2.05, 4.69) is 0 Å². The summed E-state index contributed by atoms with van der Waals surface area (Å²) in [7, 11) is -9.33. The molecule has 0 atom stereocenters. The van der Waals surface area contributed by atoms with Crippen molar-refractivity contribution in [2.75, 3.05) is 0 Å². The number of hydrogen-bond acceptors (Lipinski definition) is 4. The van der Waals surface area contributed by atoms with Gasteiger partial charge in [-0.1, -0.05) is 0 Å². The molecule has 0 spiro atoms. The summed E-state index contributed by atoms with van der Waals surface area (Å²) < 4.78 is 63.2. The van der Waals surface area contributed by atoms with Crippen LogP contribution in [0.4, 0.5) is 0 Å². The topological polar surface area (TPSA) is 149 Å². The summed E-state index contributed by atoms with van der Waals surface area (Å²) in [6.45, 7) is 0. The summed E-state index contributed by atoms with van der Waals surface area (Å²) in [5, 5.41) is 0. The quantitative estimate of drug-likeness (QED) is 0.238. The van der Waals surface area contributed by atoms with E-state index < -0.39 is 20.8 Å². The summed E-state index contributed by atoms with van der Waals surface area (Å²) in [6.07, 6.45) is 0. The third kappa shape index (κ3) is 385. The zero-order chi connectivity index (χ0) is 9.00. The van der Waals surface area contributed by atoms with Crippen LogP contribution < -0.4 is 0 Å². The molecule has 12 heteroatoms. The molecule has 0 heterocycles. The van der Waals surface area contributed by atoms with Crippen LogP contribution in [0.15, 0.2) is 0 Å². The average Bonchev–Trinajstić information content (AvgIpc) is 1.12. The van der Waals surface area contributed by atoms with E-state index in [9.17, 15) is 0 Å². The van der Waals surface area contributed by atoms with Gasteiger partial charge in [-0.05, 0) is 0 Å². The standard InChI is InChI=1S/Ca.2H2O4S.Pb.4H/c;2*1-5(2,3)4;;;;;/h;2*(H2,1,2,3,4);;;;;/q+2;;;;;;2*-1. The average molecular weight is 447 g/mol. The van der Waals surface area contributed by atoms with Crippen molar-refractivity contribution >= 4 is 85.8 Å². The van der Waals surface area contributed by atoms with Gasteiger partial charge in [0.15, 0.2) is 0 Å². The minimum atomic E-state index is -4.67. The zero-order valence-corrected chi connectivity index (χ0v) is 15.0. The molecule has 0 fully saturated rings. The van der Waals surface area contributed by atoms with Gasteiger partial charge in [0.2, 0.25) is 0 Å². The van der Waals surface area contributed by atoms with Crippen LogP contribution in [-0.4, -0.2) is 100 Å². The van der Waals surface area contributed by atoms with Gasteiger partial charge in [0.1, 0.15) is 0 Å². The Morgan fingerprint density at radius 2 is 0.750 bits per heavy atom. The first-order valence-electron chi connectivity index (χ1n) is 1.40. The van der Waals surface area contributed by atoms with Gasteiger partial charge in [-0.25, -0.2) is 0 Å². The molecule has 0 saturated heterocycles. The van der Waals surface area contributed by atoms with Crippen LogP contribution in [0, 0.1) is 0 Å². The maximum absolute atomic E-state index is 8.74. The van der Waals surface area contributed by atoms with Gasteiger partial charge < -0.3 is 2.85 Å². The Balaban J connectivity index is -0.0000000178. The summed E-state index contributed by atoms with van der Waals surface area (Å²) in [5.74, 6) is 0. The molecule has 12 heavy (non-hydrogen) atoms. The van der Waals surface area contributed by atoms with E-state index in [1.807, 2.05) is 0 Å². The second kappa shape index (κ2) is 9.48. The van der Waals surface area contributed by atoms with Crippen molar-refractivity contribution in [2.45, 2.75) is 0 Å².